The van der Waals surface area contributed by atoms with Crippen molar-refractivity contribution in [2.75, 3.05) is 16.3 Å². The number of halogens is 2. The molecule has 2 atom stereocenters. The van der Waals surface area contributed by atoms with Gasteiger partial charge in [0, 0.05) is 31.3 Å². The molecule has 0 fully saturated rings. The molecule has 1 aliphatic rings. The van der Waals surface area contributed by atoms with Crippen LogP contribution in [-0.4, -0.2) is 44.5 Å². The first-order valence-corrected chi connectivity index (χ1v) is 15.1. The van der Waals surface area contributed by atoms with Gasteiger partial charge in [-0.25, -0.2) is 23.3 Å². The number of carbonyl (C=O) groups is 2. The number of para-hydroxylation sites is 1. The van der Waals surface area contributed by atoms with E-state index in [0.29, 0.717) is 35.8 Å². The van der Waals surface area contributed by atoms with Crippen molar-refractivity contribution in [2.45, 2.75) is 38.3 Å². The first-order chi connectivity index (χ1) is 19.5. The van der Waals surface area contributed by atoms with Gasteiger partial charge in [0.25, 0.3) is 0 Å². The molecule has 0 saturated heterocycles. The van der Waals surface area contributed by atoms with E-state index in [-0.39, 0.29) is 12.0 Å². The second kappa shape index (κ2) is 11.4. The van der Waals surface area contributed by atoms with E-state index in [9.17, 15) is 26.8 Å². The van der Waals surface area contributed by atoms with Crippen LogP contribution in [0.1, 0.15) is 24.5 Å². The summed E-state index contributed by atoms with van der Waals surface area (Å²) < 4.78 is 58.7. The molecular weight excluding hydrogens is 572 g/mol. The molecule has 0 spiro atoms. The number of carbonyl (C=O) groups excluding carboxylic acids is 2. The van der Waals surface area contributed by atoms with E-state index < -0.39 is 45.9 Å². The fourth-order valence-electron chi connectivity index (χ4n) is 4.96. The number of aromatic nitrogens is 1. The maximum Gasteiger partial charge on any atom is 0.330 e. The van der Waals surface area contributed by atoms with Crippen LogP contribution >= 0.6 is 11.3 Å². The van der Waals surface area contributed by atoms with E-state index in [1.165, 1.54) is 23.3 Å². The Kier molecular flexibility index (Phi) is 7.91. The molecule has 214 valence electrons. The quantitative estimate of drug-likeness (QED) is 0.324. The Hall–Kier alpha value is -4.10. The number of hydrogen-bond acceptors (Lipinski definition) is 6. The molecule has 13 heteroatoms. The van der Waals surface area contributed by atoms with Gasteiger partial charge in [-0.3, -0.25) is 9.10 Å². The van der Waals surface area contributed by atoms with Gasteiger partial charge >= 0.3 is 16.2 Å². The highest BCUT2D eigenvalue weighted by Gasteiger charge is 2.35. The summed E-state index contributed by atoms with van der Waals surface area (Å²) in [6.07, 6.45) is 0.947. The van der Waals surface area contributed by atoms with Crippen molar-refractivity contribution in [2.24, 2.45) is 0 Å². The Labute approximate surface area is 240 Å². The third-order valence-electron chi connectivity index (χ3n) is 6.94. The molecule has 41 heavy (non-hydrogen) atoms. The summed E-state index contributed by atoms with van der Waals surface area (Å²) in [6.45, 7) is 1.74. The van der Waals surface area contributed by atoms with Crippen molar-refractivity contribution in [3.63, 3.8) is 0 Å². The summed E-state index contributed by atoms with van der Waals surface area (Å²) in [4.78, 5) is 32.3. The van der Waals surface area contributed by atoms with Crippen LogP contribution in [0.5, 0.6) is 0 Å². The third-order valence-corrected chi connectivity index (χ3v) is 9.27. The van der Waals surface area contributed by atoms with E-state index in [1.807, 2.05) is 16.9 Å². The van der Waals surface area contributed by atoms with E-state index in [0.717, 1.165) is 26.7 Å². The Morgan fingerprint density at radius 2 is 1.85 bits per heavy atom. The number of likely N-dealkylation sites (N-methyl/N-ethyl adjacent to an activating group) is 1. The lowest BCUT2D eigenvalue weighted by Gasteiger charge is -2.35. The van der Waals surface area contributed by atoms with Gasteiger partial charge in [-0.1, -0.05) is 18.2 Å². The zero-order valence-corrected chi connectivity index (χ0v) is 23.8. The number of fused-ring (bicyclic) bond motifs is 2. The fourth-order valence-corrected chi connectivity index (χ4v) is 7.02. The second-order valence-corrected chi connectivity index (χ2v) is 12.3. The summed E-state index contributed by atoms with van der Waals surface area (Å²) in [6, 6.07) is 12.1. The predicted molar refractivity (Wildman–Crippen MR) is 154 cm³/mol. The van der Waals surface area contributed by atoms with Crippen LogP contribution in [0.2, 0.25) is 0 Å². The molecule has 2 unspecified atom stereocenters. The number of amides is 3. The molecular formula is C28H27F2N5O4S2. The van der Waals surface area contributed by atoms with Crippen LogP contribution in [0.15, 0.2) is 66.2 Å². The van der Waals surface area contributed by atoms with Gasteiger partial charge < -0.3 is 10.2 Å². The van der Waals surface area contributed by atoms with E-state index in [1.54, 1.807) is 42.8 Å². The largest absolute Gasteiger partial charge is 0.330 e. The SMILES string of the molecule is CC1CCc2ccccc2N1S(=O)(=O)NC(=O)NC(Cc1cc(F)cc(F)c1)C(=O)N(C)c1ccc2scnc2c1. The van der Waals surface area contributed by atoms with Gasteiger partial charge in [0.1, 0.15) is 17.7 Å². The Morgan fingerprint density at radius 3 is 2.61 bits per heavy atom. The number of nitrogens with one attached hydrogen (secondary N) is 2. The van der Waals surface area contributed by atoms with Gasteiger partial charge in [-0.15, -0.1) is 11.3 Å². The smallest absolute Gasteiger partial charge is 0.325 e. The lowest BCUT2D eigenvalue weighted by Crippen LogP contribution is -2.56. The Balaban J connectivity index is 1.40. The Bertz CT molecular complexity index is 1710. The number of aryl methyl sites for hydroxylation is 1. The Morgan fingerprint density at radius 1 is 1.12 bits per heavy atom. The van der Waals surface area contributed by atoms with E-state index >= 15 is 0 Å². The zero-order valence-electron chi connectivity index (χ0n) is 22.2. The number of nitrogens with zero attached hydrogens (tertiary/aromatic N) is 3. The minimum atomic E-state index is -4.37. The zero-order chi connectivity index (χ0) is 29.3. The molecule has 0 bridgehead atoms. The summed E-state index contributed by atoms with van der Waals surface area (Å²) in [5.41, 5.74) is 4.21. The van der Waals surface area contributed by atoms with Gasteiger partial charge in [0.05, 0.1) is 21.4 Å². The molecule has 0 saturated carbocycles. The maximum atomic E-state index is 13.9. The third kappa shape index (κ3) is 6.15. The van der Waals surface area contributed by atoms with Gasteiger partial charge in [0.15, 0.2) is 0 Å². The van der Waals surface area contributed by atoms with Gasteiger partial charge in [-0.2, -0.15) is 8.42 Å². The normalized spacial score (nSPS) is 15.7. The van der Waals surface area contributed by atoms with E-state index in [4.69, 9.17) is 0 Å². The van der Waals surface area contributed by atoms with Crippen molar-refractivity contribution < 1.29 is 26.8 Å². The van der Waals surface area contributed by atoms with Gasteiger partial charge in [0.2, 0.25) is 5.91 Å². The van der Waals surface area contributed by atoms with Crippen molar-refractivity contribution in [1.29, 1.82) is 0 Å². The highest BCUT2D eigenvalue weighted by molar-refractivity contribution is 7.91. The van der Waals surface area contributed by atoms with Gasteiger partial charge in [-0.05, 0) is 67.3 Å². The standard InChI is InChI=1S/C28H27F2N5O4S2/c1-17-7-8-19-5-3-4-6-25(19)35(17)41(38,39)33-28(37)32-24(13-18-11-20(29)14-21(30)12-18)27(36)34(2)22-9-10-26-23(15-22)31-16-40-26/h3-6,9-12,14-17,24H,7-8,13H2,1-2H3,(H2,32,33,37). The first kappa shape index (κ1) is 28.4. The summed E-state index contributed by atoms with van der Waals surface area (Å²) in [5.74, 6) is -2.33. The summed E-state index contributed by atoms with van der Waals surface area (Å²) in [5, 5.41) is 2.42. The molecule has 2 N–H and O–H groups in total. The summed E-state index contributed by atoms with van der Waals surface area (Å²) >= 11 is 1.44. The molecule has 3 amide bonds. The van der Waals surface area contributed by atoms with Crippen LogP contribution in [-0.2, 0) is 27.8 Å². The number of rotatable bonds is 7. The molecule has 0 radical (unpaired) electrons. The van der Waals surface area contributed by atoms with Crippen LogP contribution < -0.4 is 19.2 Å². The summed E-state index contributed by atoms with van der Waals surface area (Å²) in [7, 11) is -2.89. The fraction of sp³-hybridized carbons (Fsp3) is 0.250. The van der Waals surface area contributed by atoms with Crippen LogP contribution in [0.4, 0.5) is 25.0 Å². The number of anilines is 2. The van der Waals surface area contributed by atoms with Crippen LogP contribution in [0.25, 0.3) is 10.2 Å². The minimum Gasteiger partial charge on any atom is -0.325 e. The van der Waals surface area contributed by atoms with Crippen molar-refractivity contribution in [1.82, 2.24) is 15.0 Å². The van der Waals surface area contributed by atoms with Crippen LogP contribution in [0.3, 0.4) is 0 Å². The highest BCUT2D eigenvalue weighted by Crippen LogP contribution is 2.32. The minimum absolute atomic E-state index is 0.103. The lowest BCUT2D eigenvalue weighted by atomic mass is 9.99. The molecule has 1 aromatic heterocycles. The average Bonchev–Trinajstić information content (AvgIpc) is 3.39. The molecule has 3 aromatic carbocycles. The van der Waals surface area contributed by atoms with Crippen molar-refractivity contribution >= 4 is 55.1 Å². The number of benzene rings is 3. The molecule has 2 heterocycles. The molecule has 9 nitrogen and oxygen atoms in total. The van der Waals surface area contributed by atoms with Crippen LogP contribution in [0, 0.1) is 11.6 Å². The maximum absolute atomic E-state index is 13.9. The first-order valence-electron chi connectivity index (χ1n) is 12.8. The van der Waals surface area contributed by atoms with E-state index in [2.05, 4.69) is 10.3 Å². The molecule has 4 aromatic rings. The average molecular weight is 600 g/mol. The predicted octanol–water partition coefficient (Wildman–Crippen LogP) is 4.53. The monoisotopic (exact) mass is 599 g/mol. The highest BCUT2D eigenvalue weighted by atomic mass is 32.2. The second-order valence-electron chi connectivity index (χ2n) is 9.83. The number of hydrogen-bond donors (Lipinski definition) is 2. The lowest BCUT2D eigenvalue weighted by molar-refractivity contribution is -0.120. The number of urea groups is 1. The van der Waals surface area contributed by atoms with Crippen molar-refractivity contribution in [3.05, 3.63) is 88.9 Å². The number of thiazole rings is 1. The van der Waals surface area contributed by atoms with Crippen molar-refractivity contribution in [3.8, 4) is 0 Å². The molecule has 0 aliphatic carbocycles. The topological polar surface area (TPSA) is 112 Å². The molecule has 5 rings (SSSR count). The molecule has 1 aliphatic heterocycles.